The Labute approximate surface area is 103 Å². The second-order valence-electron chi connectivity index (χ2n) is 4.59. The Morgan fingerprint density at radius 3 is 3.12 bits per heavy atom. The van der Waals surface area contributed by atoms with Gasteiger partial charge in [-0.3, -0.25) is 0 Å². The summed E-state index contributed by atoms with van der Waals surface area (Å²) in [4.78, 5) is 6.72. The number of hydrogen-bond donors (Lipinski definition) is 1. The van der Waals surface area contributed by atoms with Crippen molar-refractivity contribution in [3.8, 4) is 5.88 Å². The Kier molecular flexibility index (Phi) is 4.34. The fraction of sp³-hybridized carbons (Fsp3) is 0.615. The monoisotopic (exact) mass is 235 g/mol. The summed E-state index contributed by atoms with van der Waals surface area (Å²) >= 11 is 0. The minimum absolute atomic E-state index is 0.461. The molecule has 1 aliphatic heterocycles. The third-order valence-corrected chi connectivity index (χ3v) is 3.36. The molecule has 1 aromatic heterocycles. The minimum atomic E-state index is 0.461. The van der Waals surface area contributed by atoms with Crippen molar-refractivity contribution in [3.05, 3.63) is 23.9 Å². The molecular formula is C13H21N3O. The predicted octanol–water partition coefficient (Wildman–Crippen LogP) is 1.40. The van der Waals surface area contributed by atoms with E-state index in [4.69, 9.17) is 10.5 Å². The van der Waals surface area contributed by atoms with E-state index in [1.807, 2.05) is 18.2 Å². The third-order valence-electron chi connectivity index (χ3n) is 3.36. The van der Waals surface area contributed by atoms with Gasteiger partial charge in [0.1, 0.15) is 0 Å². The van der Waals surface area contributed by atoms with Gasteiger partial charge in [-0.2, -0.15) is 0 Å². The summed E-state index contributed by atoms with van der Waals surface area (Å²) in [7, 11) is 2.19. The van der Waals surface area contributed by atoms with E-state index < -0.39 is 0 Å². The smallest absolute Gasteiger partial charge is 0.213 e. The van der Waals surface area contributed by atoms with Crippen LogP contribution in [0.15, 0.2) is 18.2 Å². The number of hydrogen-bond acceptors (Lipinski definition) is 4. The molecule has 17 heavy (non-hydrogen) atoms. The number of likely N-dealkylation sites (tertiary alicyclic amines) is 1. The van der Waals surface area contributed by atoms with Gasteiger partial charge in [-0.1, -0.05) is 6.07 Å². The Morgan fingerprint density at radius 1 is 1.53 bits per heavy atom. The Hall–Kier alpha value is -1.13. The van der Waals surface area contributed by atoms with Crippen molar-refractivity contribution in [3.63, 3.8) is 0 Å². The molecule has 1 aromatic rings. The van der Waals surface area contributed by atoms with Crippen LogP contribution in [-0.2, 0) is 6.54 Å². The lowest BCUT2D eigenvalue weighted by atomic mass is 10.1. The Bertz CT molecular complexity index is 356. The quantitative estimate of drug-likeness (QED) is 0.838. The average molecular weight is 235 g/mol. The Morgan fingerprint density at radius 2 is 2.41 bits per heavy atom. The first kappa shape index (κ1) is 12.3. The van der Waals surface area contributed by atoms with Crippen molar-refractivity contribution in [1.82, 2.24) is 9.88 Å². The first-order valence-electron chi connectivity index (χ1n) is 6.28. The molecule has 1 saturated heterocycles. The molecule has 0 spiro atoms. The molecule has 94 valence electrons. The number of nitrogens with two attached hydrogens (primary N) is 1. The van der Waals surface area contributed by atoms with Crippen molar-refractivity contribution in [2.45, 2.75) is 31.8 Å². The molecule has 1 unspecified atom stereocenters. The van der Waals surface area contributed by atoms with Gasteiger partial charge >= 0.3 is 0 Å². The topological polar surface area (TPSA) is 51.4 Å². The highest BCUT2D eigenvalue weighted by Crippen LogP contribution is 2.18. The molecule has 4 nitrogen and oxygen atoms in total. The molecule has 1 fully saturated rings. The van der Waals surface area contributed by atoms with Crippen LogP contribution in [0.4, 0.5) is 0 Å². The van der Waals surface area contributed by atoms with Crippen LogP contribution in [0.25, 0.3) is 0 Å². The molecule has 0 amide bonds. The summed E-state index contributed by atoms with van der Waals surface area (Å²) in [6.45, 7) is 2.41. The van der Waals surface area contributed by atoms with Crippen LogP contribution in [0.5, 0.6) is 5.88 Å². The van der Waals surface area contributed by atoms with Gasteiger partial charge in [-0.05, 0) is 38.9 Å². The van der Waals surface area contributed by atoms with Crippen LogP contribution in [0, 0.1) is 0 Å². The maximum Gasteiger partial charge on any atom is 0.213 e. The van der Waals surface area contributed by atoms with E-state index in [0.717, 1.165) is 18.7 Å². The van der Waals surface area contributed by atoms with E-state index in [1.54, 1.807) is 0 Å². The number of rotatable bonds is 5. The minimum Gasteiger partial charge on any atom is -0.478 e. The molecule has 0 aliphatic carbocycles. The fourth-order valence-corrected chi connectivity index (χ4v) is 2.30. The largest absolute Gasteiger partial charge is 0.478 e. The highest BCUT2D eigenvalue weighted by atomic mass is 16.5. The van der Waals surface area contributed by atoms with Crippen molar-refractivity contribution in [2.75, 3.05) is 20.2 Å². The van der Waals surface area contributed by atoms with Crippen LogP contribution >= 0.6 is 0 Å². The van der Waals surface area contributed by atoms with E-state index in [-0.39, 0.29) is 0 Å². The molecule has 1 aliphatic rings. The summed E-state index contributed by atoms with van der Waals surface area (Å²) in [5, 5.41) is 0. The van der Waals surface area contributed by atoms with Gasteiger partial charge in [0, 0.05) is 18.7 Å². The van der Waals surface area contributed by atoms with Gasteiger partial charge in [0.05, 0.1) is 12.3 Å². The van der Waals surface area contributed by atoms with Gasteiger partial charge in [-0.25, -0.2) is 4.98 Å². The zero-order valence-corrected chi connectivity index (χ0v) is 10.4. The standard InChI is InChI=1S/C13H21N3O/c1-16-8-3-5-12(16)7-9-17-13-6-2-4-11(10-14)15-13/h2,4,6,12H,3,5,7-10,14H2,1H3. The third kappa shape index (κ3) is 3.41. The molecule has 0 aromatic carbocycles. The van der Waals surface area contributed by atoms with Crippen molar-refractivity contribution in [2.24, 2.45) is 5.73 Å². The molecule has 2 heterocycles. The van der Waals surface area contributed by atoms with Gasteiger partial charge in [0.25, 0.3) is 0 Å². The lowest BCUT2D eigenvalue weighted by Gasteiger charge is -2.19. The molecule has 2 N–H and O–H groups in total. The van der Waals surface area contributed by atoms with E-state index in [9.17, 15) is 0 Å². The average Bonchev–Trinajstić information content (AvgIpc) is 2.76. The zero-order valence-electron chi connectivity index (χ0n) is 10.4. The summed E-state index contributed by atoms with van der Waals surface area (Å²) in [5.41, 5.74) is 6.42. The maximum absolute atomic E-state index is 5.67. The highest BCUT2D eigenvalue weighted by Gasteiger charge is 2.20. The van der Waals surface area contributed by atoms with Crippen LogP contribution < -0.4 is 10.5 Å². The molecule has 0 bridgehead atoms. The molecular weight excluding hydrogens is 214 g/mol. The van der Waals surface area contributed by atoms with E-state index in [0.29, 0.717) is 18.5 Å². The van der Waals surface area contributed by atoms with Gasteiger partial charge in [0.15, 0.2) is 0 Å². The van der Waals surface area contributed by atoms with E-state index in [1.165, 1.54) is 19.4 Å². The lowest BCUT2D eigenvalue weighted by Crippen LogP contribution is -2.26. The number of nitrogens with zero attached hydrogens (tertiary/aromatic N) is 2. The molecule has 4 heteroatoms. The molecule has 1 atom stereocenters. The maximum atomic E-state index is 5.67. The van der Waals surface area contributed by atoms with Gasteiger partial charge in [-0.15, -0.1) is 0 Å². The van der Waals surface area contributed by atoms with Crippen molar-refractivity contribution >= 4 is 0 Å². The summed E-state index contributed by atoms with van der Waals surface area (Å²) in [6, 6.07) is 6.41. The van der Waals surface area contributed by atoms with Crippen LogP contribution in [0.1, 0.15) is 25.0 Å². The van der Waals surface area contributed by atoms with Crippen LogP contribution in [0.3, 0.4) is 0 Å². The first-order chi connectivity index (χ1) is 8.29. The summed E-state index contributed by atoms with van der Waals surface area (Å²) < 4.78 is 5.67. The lowest BCUT2D eigenvalue weighted by molar-refractivity contribution is 0.228. The predicted molar refractivity (Wildman–Crippen MR) is 67.9 cm³/mol. The van der Waals surface area contributed by atoms with Crippen molar-refractivity contribution < 1.29 is 4.74 Å². The summed E-state index contributed by atoms with van der Waals surface area (Å²) in [5.74, 6) is 0.689. The van der Waals surface area contributed by atoms with Crippen molar-refractivity contribution in [1.29, 1.82) is 0 Å². The molecule has 0 saturated carbocycles. The van der Waals surface area contributed by atoms with Crippen LogP contribution in [0.2, 0.25) is 0 Å². The van der Waals surface area contributed by atoms with E-state index in [2.05, 4.69) is 16.9 Å². The van der Waals surface area contributed by atoms with Crippen LogP contribution in [-0.4, -0.2) is 36.1 Å². The number of pyridine rings is 1. The Balaban J connectivity index is 1.77. The summed E-state index contributed by atoms with van der Waals surface area (Å²) in [6.07, 6.45) is 3.67. The SMILES string of the molecule is CN1CCCC1CCOc1cccc(CN)n1. The second-order valence-corrected chi connectivity index (χ2v) is 4.59. The second kappa shape index (κ2) is 5.98. The first-order valence-corrected chi connectivity index (χ1v) is 6.28. The van der Waals surface area contributed by atoms with Gasteiger partial charge in [0.2, 0.25) is 5.88 Å². The molecule has 0 radical (unpaired) electrons. The van der Waals surface area contributed by atoms with Gasteiger partial charge < -0.3 is 15.4 Å². The highest BCUT2D eigenvalue weighted by molar-refractivity contribution is 5.15. The number of ether oxygens (including phenoxy) is 1. The molecule has 2 rings (SSSR count). The fourth-order valence-electron chi connectivity index (χ4n) is 2.30. The number of aromatic nitrogens is 1. The zero-order chi connectivity index (χ0) is 12.1. The normalized spacial score (nSPS) is 20.7. The van der Waals surface area contributed by atoms with E-state index >= 15 is 0 Å².